The molecule has 96 valence electrons. The zero-order chi connectivity index (χ0) is 12.8. The number of hydrogen-bond acceptors (Lipinski definition) is 2. The van der Waals surface area contributed by atoms with Gasteiger partial charge in [0, 0.05) is 10.7 Å². The highest BCUT2D eigenvalue weighted by atomic mass is 79.9. The summed E-state index contributed by atoms with van der Waals surface area (Å²) in [5, 5.41) is 7.74. The molecule has 0 saturated heterocycles. The fourth-order valence-corrected chi connectivity index (χ4v) is 2.32. The largest absolute Gasteiger partial charge is 0.317 e. The first-order valence-electron chi connectivity index (χ1n) is 6.30. The molecule has 0 atom stereocenters. The van der Waals surface area contributed by atoms with Gasteiger partial charge in [0.25, 0.3) is 0 Å². The van der Waals surface area contributed by atoms with Crippen molar-refractivity contribution in [2.75, 3.05) is 13.1 Å². The summed E-state index contributed by atoms with van der Waals surface area (Å²) in [5.74, 6) is 0. The summed E-state index contributed by atoms with van der Waals surface area (Å²) in [6.07, 6.45) is 6.27. The van der Waals surface area contributed by atoms with Crippen LogP contribution in [0.3, 0.4) is 0 Å². The lowest BCUT2D eigenvalue weighted by molar-refractivity contribution is 0.672. The zero-order valence-corrected chi connectivity index (χ0v) is 12.2. The van der Waals surface area contributed by atoms with Gasteiger partial charge in [0.05, 0.1) is 11.9 Å². The number of rotatable bonds is 6. The van der Waals surface area contributed by atoms with E-state index in [1.165, 1.54) is 5.56 Å². The first-order chi connectivity index (χ1) is 8.81. The molecular formula is C14H18BrN3. The van der Waals surface area contributed by atoms with E-state index in [9.17, 15) is 0 Å². The molecule has 0 fully saturated rings. The fraction of sp³-hybridized carbons (Fsp3) is 0.357. The van der Waals surface area contributed by atoms with Crippen LogP contribution in [-0.4, -0.2) is 22.9 Å². The summed E-state index contributed by atoms with van der Waals surface area (Å²) >= 11 is 3.54. The second kappa shape index (κ2) is 6.71. The van der Waals surface area contributed by atoms with Crippen LogP contribution < -0.4 is 5.32 Å². The van der Waals surface area contributed by atoms with Gasteiger partial charge in [-0.2, -0.15) is 5.10 Å². The van der Waals surface area contributed by atoms with E-state index in [2.05, 4.69) is 45.5 Å². The van der Waals surface area contributed by atoms with Crippen LogP contribution in [0.5, 0.6) is 0 Å². The number of halogens is 1. The van der Waals surface area contributed by atoms with E-state index in [1.807, 2.05) is 29.1 Å². The molecule has 0 spiro atoms. The maximum atomic E-state index is 4.41. The van der Waals surface area contributed by atoms with Gasteiger partial charge in [-0.15, -0.1) is 0 Å². The van der Waals surface area contributed by atoms with E-state index in [4.69, 9.17) is 0 Å². The van der Waals surface area contributed by atoms with Crippen molar-refractivity contribution in [2.45, 2.75) is 19.8 Å². The molecule has 0 aliphatic heterocycles. The average molecular weight is 308 g/mol. The standard InChI is InChI=1S/C14H18BrN3/c1-2-16-9-5-6-12-10-17-18(11-12)14-8-4-3-7-13(14)15/h3-4,7-8,10-11,16H,2,5-6,9H2,1H3. The molecule has 4 heteroatoms. The summed E-state index contributed by atoms with van der Waals surface area (Å²) in [5.41, 5.74) is 2.36. The van der Waals surface area contributed by atoms with E-state index in [0.29, 0.717) is 0 Å². The molecule has 0 bridgehead atoms. The molecular weight excluding hydrogens is 290 g/mol. The van der Waals surface area contributed by atoms with Crippen molar-refractivity contribution in [3.8, 4) is 5.69 Å². The molecule has 18 heavy (non-hydrogen) atoms. The summed E-state index contributed by atoms with van der Waals surface area (Å²) in [6, 6.07) is 8.11. The Morgan fingerprint density at radius 1 is 1.33 bits per heavy atom. The summed E-state index contributed by atoms with van der Waals surface area (Å²) in [7, 11) is 0. The number of benzene rings is 1. The number of aromatic nitrogens is 2. The summed E-state index contributed by atoms with van der Waals surface area (Å²) in [4.78, 5) is 0. The third-order valence-electron chi connectivity index (χ3n) is 2.80. The number of para-hydroxylation sites is 1. The minimum atomic E-state index is 1.04. The van der Waals surface area contributed by atoms with E-state index in [-0.39, 0.29) is 0 Å². The Bertz CT molecular complexity index is 493. The van der Waals surface area contributed by atoms with Crippen molar-refractivity contribution in [2.24, 2.45) is 0 Å². The number of aryl methyl sites for hydroxylation is 1. The van der Waals surface area contributed by atoms with Crippen molar-refractivity contribution < 1.29 is 0 Å². The highest BCUT2D eigenvalue weighted by Crippen LogP contribution is 2.20. The second-order valence-electron chi connectivity index (χ2n) is 4.20. The van der Waals surface area contributed by atoms with Crippen LogP contribution in [0.25, 0.3) is 5.69 Å². The molecule has 0 aliphatic carbocycles. The van der Waals surface area contributed by atoms with Crippen LogP contribution in [0.15, 0.2) is 41.1 Å². The molecule has 0 aliphatic rings. The van der Waals surface area contributed by atoms with E-state index in [1.54, 1.807) is 0 Å². The minimum Gasteiger partial charge on any atom is -0.317 e. The Morgan fingerprint density at radius 2 is 2.17 bits per heavy atom. The van der Waals surface area contributed by atoms with Gasteiger partial charge in [-0.05, 0) is 59.6 Å². The van der Waals surface area contributed by atoms with Gasteiger partial charge in [0.15, 0.2) is 0 Å². The average Bonchev–Trinajstić information content (AvgIpc) is 2.84. The Kier molecular flexibility index (Phi) is 4.96. The lowest BCUT2D eigenvalue weighted by atomic mass is 10.2. The van der Waals surface area contributed by atoms with Crippen LogP contribution in [0.2, 0.25) is 0 Å². The number of hydrogen-bond donors (Lipinski definition) is 1. The van der Waals surface area contributed by atoms with Crippen molar-refractivity contribution in [3.63, 3.8) is 0 Å². The third kappa shape index (κ3) is 3.43. The molecule has 0 unspecified atom stereocenters. The van der Waals surface area contributed by atoms with Crippen LogP contribution in [0, 0.1) is 0 Å². The van der Waals surface area contributed by atoms with E-state index >= 15 is 0 Å². The zero-order valence-electron chi connectivity index (χ0n) is 10.6. The van der Waals surface area contributed by atoms with Gasteiger partial charge in [-0.1, -0.05) is 19.1 Å². The predicted octanol–water partition coefficient (Wildman–Crippen LogP) is 3.18. The van der Waals surface area contributed by atoms with Gasteiger partial charge < -0.3 is 5.32 Å². The highest BCUT2D eigenvalue weighted by Gasteiger charge is 2.03. The maximum absolute atomic E-state index is 4.41. The lowest BCUT2D eigenvalue weighted by Crippen LogP contribution is -2.14. The van der Waals surface area contributed by atoms with Crippen molar-refractivity contribution in [1.82, 2.24) is 15.1 Å². The first kappa shape index (κ1) is 13.3. The molecule has 2 aromatic rings. The fourth-order valence-electron chi connectivity index (χ4n) is 1.85. The Morgan fingerprint density at radius 3 is 2.94 bits per heavy atom. The predicted molar refractivity (Wildman–Crippen MR) is 78.1 cm³/mol. The Balaban J connectivity index is 2.00. The molecule has 2 rings (SSSR count). The van der Waals surface area contributed by atoms with Gasteiger partial charge in [0.2, 0.25) is 0 Å². The highest BCUT2D eigenvalue weighted by molar-refractivity contribution is 9.10. The molecule has 1 aromatic heterocycles. The van der Waals surface area contributed by atoms with Crippen molar-refractivity contribution in [3.05, 3.63) is 46.7 Å². The molecule has 1 N–H and O–H groups in total. The number of nitrogens with zero attached hydrogens (tertiary/aromatic N) is 2. The minimum absolute atomic E-state index is 1.04. The molecule has 0 saturated carbocycles. The maximum Gasteiger partial charge on any atom is 0.0787 e. The summed E-state index contributed by atoms with van der Waals surface area (Å²) in [6.45, 7) is 4.23. The topological polar surface area (TPSA) is 29.9 Å². The molecule has 1 aromatic carbocycles. The Hall–Kier alpha value is -1.13. The van der Waals surface area contributed by atoms with Gasteiger partial charge >= 0.3 is 0 Å². The third-order valence-corrected chi connectivity index (χ3v) is 3.47. The monoisotopic (exact) mass is 307 g/mol. The number of nitrogens with one attached hydrogen (secondary N) is 1. The molecule has 0 radical (unpaired) electrons. The SMILES string of the molecule is CCNCCCc1cnn(-c2ccccc2Br)c1. The van der Waals surface area contributed by atoms with Crippen molar-refractivity contribution in [1.29, 1.82) is 0 Å². The van der Waals surface area contributed by atoms with Crippen LogP contribution in [0.4, 0.5) is 0 Å². The molecule has 3 nitrogen and oxygen atoms in total. The lowest BCUT2D eigenvalue weighted by Gasteiger charge is -2.03. The van der Waals surface area contributed by atoms with Crippen LogP contribution >= 0.6 is 15.9 Å². The van der Waals surface area contributed by atoms with Gasteiger partial charge in [-0.3, -0.25) is 0 Å². The Labute approximate surface area is 116 Å². The van der Waals surface area contributed by atoms with Crippen molar-refractivity contribution >= 4 is 15.9 Å². The van der Waals surface area contributed by atoms with Gasteiger partial charge in [-0.25, -0.2) is 4.68 Å². The summed E-state index contributed by atoms with van der Waals surface area (Å²) < 4.78 is 2.99. The van der Waals surface area contributed by atoms with Gasteiger partial charge in [0.1, 0.15) is 0 Å². The molecule has 0 amide bonds. The van der Waals surface area contributed by atoms with Crippen LogP contribution in [-0.2, 0) is 6.42 Å². The quantitative estimate of drug-likeness (QED) is 0.831. The van der Waals surface area contributed by atoms with Crippen LogP contribution in [0.1, 0.15) is 18.9 Å². The van der Waals surface area contributed by atoms with E-state index in [0.717, 1.165) is 36.1 Å². The second-order valence-corrected chi connectivity index (χ2v) is 5.06. The normalized spacial score (nSPS) is 10.8. The smallest absolute Gasteiger partial charge is 0.0787 e. The first-order valence-corrected chi connectivity index (χ1v) is 7.09. The molecule has 1 heterocycles. The van der Waals surface area contributed by atoms with E-state index < -0.39 is 0 Å².